The molecular weight excluding hydrogens is 476 g/mol. The maximum atomic E-state index is 11.5. The van der Waals surface area contributed by atoms with Gasteiger partial charge in [0.2, 0.25) is 0 Å². The third-order valence-corrected chi connectivity index (χ3v) is 8.50. The fourth-order valence-electron chi connectivity index (χ4n) is 6.04. The lowest BCUT2D eigenvalue weighted by Crippen LogP contribution is -2.40. The van der Waals surface area contributed by atoms with Gasteiger partial charge >= 0.3 is 5.97 Å². The summed E-state index contributed by atoms with van der Waals surface area (Å²) in [7, 11) is 0. The summed E-state index contributed by atoms with van der Waals surface area (Å²) in [5.41, 5.74) is 2.09. The topological polar surface area (TPSA) is 87.0 Å². The summed E-state index contributed by atoms with van der Waals surface area (Å²) in [5.74, 6) is 0.742. The molecule has 38 heavy (non-hydrogen) atoms. The van der Waals surface area contributed by atoms with Gasteiger partial charge in [0.25, 0.3) is 0 Å². The van der Waals surface area contributed by atoms with Crippen molar-refractivity contribution in [3.63, 3.8) is 0 Å². The van der Waals surface area contributed by atoms with E-state index in [-0.39, 0.29) is 28.7 Å². The Labute approximate surface area is 229 Å². The van der Waals surface area contributed by atoms with Gasteiger partial charge in [0.1, 0.15) is 17.2 Å². The van der Waals surface area contributed by atoms with E-state index < -0.39 is 5.97 Å². The maximum absolute atomic E-state index is 11.5. The standard InChI is InChI=1S/C33H48O5/c1-3-4-5-11-14-25(32(36)37)15-12-9-7-6-8-10-13-16-30-29-22-21-28(35)23-31(29)38-24-33(30,2)26-17-19-27(34)20-18-26/h17-23,25,30,34-35H,3-16,24H2,1-2H3,(H,36,37). The van der Waals surface area contributed by atoms with Crippen LogP contribution in [0.5, 0.6) is 17.2 Å². The molecule has 1 heterocycles. The number of hydrogen-bond acceptors (Lipinski definition) is 4. The minimum Gasteiger partial charge on any atom is -0.508 e. The van der Waals surface area contributed by atoms with Gasteiger partial charge in [-0.05, 0) is 48.6 Å². The number of phenols is 2. The van der Waals surface area contributed by atoms with Crippen LogP contribution in [0.1, 0.15) is 121 Å². The minimum atomic E-state index is -0.620. The van der Waals surface area contributed by atoms with Crippen LogP contribution in [0.2, 0.25) is 0 Å². The zero-order valence-corrected chi connectivity index (χ0v) is 23.5. The van der Waals surface area contributed by atoms with Crippen LogP contribution in [0.4, 0.5) is 0 Å². The number of carboxylic acid groups (broad SMARTS) is 1. The average Bonchev–Trinajstić information content (AvgIpc) is 2.90. The third kappa shape index (κ3) is 8.41. The summed E-state index contributed by atoms with van der Waals surface area (Å²) >= 11 is 0. The number of fused-ring (bicyclic) bond motifs is 1. The van der Waals surface area contributed by atoms with Crippen molar-refractivity contribution in [2.24, 2.45) is 5.92 Å². The van der Waals surface area contributed by atoms with Gasteiger partial charge in [-0.2, -0.15) is 0 Å². The van der Waals surface area contributed by atoms with Gasteiger partial charge in [0.15, 0.2) is 0 Å². The molecule has 3 atom stereocenters. The molecule has 210 valence electrons. The lowest BCUT2D eigenvalue weighted by molar-refractivity contribution is -0.142. The van der Waals surface area contributed by atoms with Gasteiger partial charge in [-0.3, -0.25) is 4.79 Å². The summed E-state index contributed by atoms with van der Waals surface area (Å²) in [4.78, 5) is 11.5. The number of phenolic OH excluding ortho intramolecular Hbond substituents is 2. The number of carboxylic acids is 1. The van der Waals surface area contributed by atoms with Crippen LogP contribution in [0.15, 0.2) is 42.5 Å². The smallest absolute Gasteiger partial charge is 0.306 e. The van der Waals surface area contributed by atoms with Crippen LogP contribution < -0.4 is 4.74 Å². The fraction of sp³-hybridized carbons (Fsp3) is 0.606. The molecule has 5 heteroatoms. The highest BCUT2D eigenvalue weighted by Gasteiger charge is 2.42. The molecule has 0 radical (unpaired) electrons. The molecule has 3 N–H and O–H groups in total. The van der Waals surface area contributed by atoms with Gasteiger partial charge in [-0.15, -0.1) is 0 Å². The van der Waals surface area contributed by atoms with Gasteiger partial charge in [0.05, 0.1) is 12.5 Å². The molecule has 0 bridgehead atoms. The van der Waals surface area contributed by atoms with Crippen LogP contribution in [0.25, 0.3) is 0 Å². The quantitative estimate of drug-likeness (QED) is 0.180. The lowest BCUT2D eigenvalue weighted by Gasteiger charge is -2.43. The minimum absolute atomic E-state index is 0.168. The molecule has 0 saturated heterocycles. The van der Waals surface area contributed by atoms with Crippen molar-refractivity contribution in [1.29, 1.82) is 0 Å². The molecule has 0 amide bonds. The molecule has 2 aromatic carbocycles. The van der Waals surface area contributed by atoms with E-state index in [0.717, 1.165) is 68.2 Å². The summed E-state index contributed by atoms with van der Waals surface area (Å²) in [6, 6.07) is 13.0. The summed E-state index contributed by atoms with van der Waals surface area (Å²) < 4.78 is 6.12. The number of benzene rings is 2. The highest BCUT2D eigenvalue weighted by atomic mass is 16.5. The van der Waals surface area contributed by atoms with E-state index in [9.17, 15) is 20.1 Å². The third-order valence-electron chi connectivity index (χ3n) is 8.50. The van der Waals surface area contributed by atoms with Crippen LogP contribution in [-0.4, -0.2) is 27.9 Å². The number of unbranched alkanes of at least 4 members (excludes halogenated alkanes) is 9. The van der Waals surface area contributed by atoms with Crippen molar-refractivity contribution >= 4 is 5.97 Å². The van der Waals surface area contributed by atoms with E-state index in [0.29, 0.717) is 6.61 Å². The Kier molecular flexibility index (Phi) is 11.8. The number of aliphatic carboxylic acids is 1. The normalized spacial score (nSPS) is 19.5. The van der Waals surface area contributed by atoms with Crippen molar-refractivity contribution in [2.75, 3.05) is 6.61 Å². The zero-order chi connectivity index (χ0) is 27.4. The van der Waals surface area contributed by atoms with Crippen LogP contribution in [-0.2, 0) is 10.2 Å². The Morgan fingerprint density at radius 2 is 1.45 bits per heavy atom. The van der Waals surface area contributed by atoms with Gasteiger partial charge < -0.3 is 20.1 Å². The summed E-state index contributed by atoms with van der Waals surface area (Å²) in [6.07, 6.45) is 15.2. The van der Waals surface area contributed by atoms with E-state index in [1.165, 1.54) is 38.5 Å². The van der Waals surface area contributed by atoms with Gasteiger partial charge in [-0.1, -0.05) is 103 Å². The molecular formula is C33H48O5. The molecule has 0 saturated carbocycles. The SMILES string of the molecule is CCCCCCC(CCCCCCCCCC1c2ccc(O)cc2OCC1(C)c1ccc(O)cc1)C(=O)O. The molecule has 3 unspecified atom stereocenters. The van der Waals surface area contributed by atoms with Crippen LogP contribution in [0.3, 0.4) is 0 Å². The average molecular weight is 525 g/mol. The second-order valence-corrected chi connectivity index (χ2v) is 11.5. The number of ether oxygens (including phenoxy) is 1. The lowest BCUT2D eigenvalue weighted by atomic mass is 9.66. The molecule has 5 nitrogen and oxygen atoms in total. The van der Waals surface area contributed by atoms with Crippen LogP contribution in [0, 0.1) is 5.92 Å². The first-order valence-electron chi connectivity index (χ1n) is 14.8. The second-order valence-electron chi connectivity index (χ2n) is 11.5. The molecule has 0 fully saturated rings. The second kappa shape index (κ2) is 15.0. The molecule has 0 aliphatic carbocycles. The Morgan fingerprint density at radius 3 is 2.08 bits per heavy atom. The van der Waals surface area contributed by atoms with Crippen molar-refractivity contribution in [2.45, 2.75) is 115 Å². The molecule has 3 rings (SSSR count). The predicted octanol–water partition coefficient (Wildman–Crippen LogP) is 8.71. The maximum Gasteiger partial charge on any atom is 0.306 e. The number of carbonyl (C=O) groups is 1. The monoisotopic (exact) mass is 524 g/mol. The molecule has 0 aromatic heterocycles. The van der Waals surface area contributed by atoms with Crippen molar-refractivity contribution < 1.29 is 24.9 Å². The zero-order valence-electron chi connectivity index (χ0n) is 23.5. The van der Waals surface area contributed by atoms with E-state index in [1.54, 1.807) is 24.3 Å². The van der Waals surface area contributed by atoms with Gasteiger partial charge in [0, 0.05) is 17.4 Å². The van der Waals surface area contributed by atoms with E-state index in [2.05, 4.69) is 13.8 Å². The molecule has 1 aliphatic heterocycles. The largest absolute Gasteiger partial charge is 0.508 e. The Hall–Kier alpha value is -2.69. The molecule has 0 spiro atoms. The first-order chi connectivity index (χ1) is 18.3. The number of hydrogen-bond donors (Lipinski definition) is 3. The summed E-state index contributed by atoms with van der Waals surface area (Å²) in [5, 5.41) is 29.3. The fourth-order valence-corrected chi connectivity index (χ4v) is 6.04. The Bertz CT molecular complexity index is 985. The highest BCUT2D eigenvalue weighted by molar-refractivity contribution is 5.69. The van der Waals surface area contributed by atoms with E-state index >= 15 is 0 Å². The molecule has 2 aromatic rings. The number of aromatic hydroxyl groups is 2. The summed E-state index contributed by atoms with van der Waals surface area (Å²) in [6.45, 7) is 4.96. The van der Waals surface area contributed by atoms with E-state index in [4.69, 9.17) is 4.74 Å². The van der Waals surface area contributed by atoms with E-state index in [1.807, 2.05) is 18.2 Å². The highest BCUT2D eigenvalue weighted by Crippen LogP contribution is 2.49. The Balaban J connectivity index is 1.44. The number of rotatable bonds is 17. The van der Waals surface area contributed by atoms with Crippen molar-refractivity contribution in [3.05, 3.63) is 53.6 Å². The first-order valence-corrected chi connectivity index (χ1v) is 14.8. The molecule has 1 aliphatic rings. The van der Waals surface area contributed by atoms with Gasteiger partial charge in [-0.25, -0.2) is 0 Å². The van der Waals surface area contributed by atoms with Crippen molar-refractivity contribution in [3.8, 4) is 17.2 Å². The van der Waals surface area contributed by atoms with Crippen LogP contribution >= 0.6 is 0 Å². The predicted molar refractivity (Wildman–Crippen MR) is 153 cm³/mol. The first kappa shape index (κ1) is 29.9. The Morgan fingerprint density at radius 1 is 0.868 bits per heavy atom. The van der Waals surface area contributed by atoms with Crippen molar-refractivity contribution in [1.82, 2.24) is 0 Å².